The van der Waals surface area contributed by atoms with Crippen LogP contribution >= 0.6 is 22.6 Å². The van der Waals surface area contributed by atoms with Crippen molar-refractivity contribution < 1.29 is 9.53 Å². The minimum Gasteiger partial charge on any atom is -0.375 e. The van der Waals surface area contributed by atoms with Gasteiger partial charge in [-0.3, -0.25) is 4.79 Å². The van der Waals surface area contributed by atoms with Crippen LogP contribution in [0.15, 0.2) is 24.3 Å². The highest BCUT2D eigenvalue weighted by atomic mass is 127. The fraction of sp³-hybridized carbons (Fsp3) is 0.462. The summed E-state index contributed by atoms with van der Waals surface area (Å²) in [4.78, 5) is 11.9. The summed E-state index contributed by atoms with van der Waals surface area (Å²) >= 11 is 2.26. The molecule has 2 rings (SSSR count). The van der Waals surface area contributed by atoms with Crippen LogP contribution in [0.25, 0.3) is 0 Å². The summed E-state index contributed by atoms with van der Waals surface area (Å²) in [5.74, 6) is 0.250. The average Bonchev–Trinajstić information content (AvgIpc) is 2.33. The SMILES string of the molecule is O=C(Cc1ccc(I)cc1)CC1CNCCO1. The molecular weight excluding hydrogens is 329 g/mol. The molecule has 1 aliphatic rings. The molecule has 0 radical (unpaired) electrons. The topological polar surface area (TPSA) is 38.3 Å². The molecule has 0 bridgehead atoms. The normalized spacial score (nSPS) is 20.2. The molecule has 1 N–H and O–H groups in total. The summed E-state index contributed by atoms with van der Waals surface area (Å²) < 4.78 is 6.71. The number of rotatable bonds is 4. The molecule has 1 aromatic rings. The summed E-state index contributed by atoms with van der Waals surface area (Å²) in [6, 6.07) is 8.09. The number of carbonyl (C=O) groups excluding carboxylic acids is 1. The first-order valence-electron chi connectivity index (χ1n) is 5.82. The quantitative estimate of drug-likeness (QED) is 0.846. The van der Waals surface area contributed by atoms with Crippen LogP contribution in [-0.4, -0.2) is 31.6 Å². The Morgan fingerprint density at radius 1 is 1.41 bits per heavy atom. The fourth-order valence-corrected chi connectivity index (χ4v) is 2.27. The number of hydrogen-bond donors (Lipinski definition) is 1. The molecule has 0 amide bonds. The van der Waals surface area contributed by atoms with Gasteiger partial charge in [-0.05, 0) is 40.3 Å². The van der Waals surface area contributed by atoms with Gasteiger partial charge in [-0.2, -0.15) is 0 Å². The molecule has 92 valence electrons. The van der Waals surface area contributed by atoms with E-state index in [1.807, 2.05) is 24.3 Å². The van der Waals surface area contributed by atoms with Crippen LogP contribution in [-0.2, 0) is 16.0 Å². The number of morpholine rings is 1. The molecule has 17 heavy (non-hydrogen) atoms. The number of halogens is 1. The molecule has 1 unspecified atom stereocenters. The van der Waals surface area contributed by atoms with Crippen LogP contribution in [0.2, 0.25) is 0 Å². The zero-order chi connectivity index (χ0) is 12.1. The Balaban J connectivity index is 1.82. The summed E-state index contributed by atoms with van der Waals surface area (Å²) in [6.07, 6.45) is 1.08. The second-order valence-electron chi connectivity index (χ2n) is 4.24. The molecule has 0 aliphatic carbocycles. The van der Waals surface area contributed by atoms with Gasteiger partial charge in [0.25, 0.3) is 0 Å². The third-order valence-electron chi connectivity index (χ3n) is 2.77. The molecule has 1 atom stereocenters. The van der Waals surface area contributed by atoms with Gasteiger partial charge in [-0.25, -0.2) is 0 Å². The summed E-state index contributed by atoms with van der Waals surface area (Å²) in [6.45, 7) is 2.39. The van der Waals surface area contributed by atoms with E-state index in [4.69, 9.17) is 4.74 Å². The van der Waals surface area contributed by atoms with E-state index in [-0.39, 0.29) is 11.9 Å². The van der Waals surface area contributed by atoms with Crippen molar-refractivity contribution >= 4 is 28.4 Å². The highest BCUT2D eigenvalue weighted by Gasteiger charge is 2.17. The molecule has 1 saturated heterocycles. The van der Waals surface area contributed by atoms with E-state index in [0.717, 1.165) is 18.7 Å². The van der Waals surface area contributed by atoms with Crippen LogP contribution in [0.1, 0.15) is 12.0 Å². The van der Waals surface area contributed by atoms with Gasteiger partial charge in [-0.15, -0.1) is 0 Å². The van der Waals surface area contributed by atoms with Gasteiger partial charge < -0.3 is 10.1 Å². The molecule has 4 heteroatoms. The van der Waals surface area contributed by atoms with Crippen molar-refractivity contribution in [3.63, 3.8) is 0 Å². The first-order valence-corrected chi connectivity index (χ1v) is 6.90. The van der Waals surface area contributed by atoms with Crippen molar-refractivity contribution in [3.8, 4) is 0 Å². The Morgan fingerprint density at radius 3 is 2.82 bits per heavy atom. The highest BCUT2D eigenvalue weighted by Crippen LogP contribution is 2.10. The maximum Gasteiger partial charge on any atom is 0.139 e. The standard InChI is InChI=1S/C13H16INO2/c14-11-3-1-10(2-4-11)7-12(16)8-13-9-15-5-6-17-13/h1-4,13,15H,5-9H2. The van der Waals surface area contributed by atoms with Crippen LogP contribution < -0.4 is 5.32 Å². The molecule has 3 nitrogen and oxygen atoms in total. The Labute approximate surface area is 115 Å². The molecule has 0 saturated carbocycles. The summed E-state index contributed by atoms with van der Waals surface area (Å²) in [5.41, 5.74) is 1.08. The lowest BCUT2D eigenvalue weighted by atomic mass is 10.0. The molecule has 1 aliphatic heterocycles. The predicted octanol–water partition coefficient (Wildman–Crippen LogP) is 1.78. The van der Waals surface area contributed by atoms with Gasteiger partial charge in [0.05, 0.1) is 12.7 Å². The largest absolute Gasteiger partial charge is 0.375 e. The van der Waals surface area contributed by atoms with E-state index < -0.39 is 0 Å². The van der Waals surface area contributed by atoms with Crippen molar-refractivity contribution in [2.75, 3.05) is 19.7 Å². The zero-order valence-corrected chi connectivity index (χ0v) is 11.8. The van der Waals surface area contributed by atoms with Gasteiger partial charge in [0.1, 0.15) is 5.78 Å². The number of benzene rings is 1. The number of ether oxygens (including phenoxy) is 1. The molecule has 1 heterocycles. The van der Waals surface area contributed by atoms with Crippen molar-refractivity contribution in [2.24, 2.45) is 0 Å². The molecule has 0 aromatic heterocycles. The Kier molecular flexibility index (Phi) is 4.94. The van der Waals surface area contributed by atoms with E-state index in [0.29, 0.717) is 19.4 Å². The van der Waals surface area contributed by atoms with E-state index in [1.54, 1.807) is 0 Å². The minimum atomic E-state index is 0.0556. The number of ketones is 1. The van der Waals surface area contributed by atoms with Gasteiger partial charge >= 0.3 is 0 Å². The summed E-state index contributed by atoms with van der Waals surface area (Å²) in [7, 11) is 0. The van der Waals surface area contributed by atoms with Crippen LogP contribution in [0.5, 0.6) is 0 Å². The summed E-state index contributed by atoms with van der Waals surface area (Å²) in [5, 5.41) is 3.23. The lowest BCUT2D eigenvalue weighted by Crippen LogP contribution is -2.39. The first kappa shape index (κ1) is 13.0. The first-order chi connectivity index (χ1) is 8.24. The van der Waals surface area contributed by atoms with E-state index in [9.17, 15) is 4.79 Å². The third kappa shape index (κ3) is 4.37. The number of hydrogen-bond acceptors (Lipinski definition) is 3. The lowest BCUT2D eigenvalue weighted by molar-refractivity contribution is -0.121. The van der Waals surface area contributed by atoms with Crippen LogP contribution in [0.3, 0.4) is 0 Å². The highest BCUT2D eigenvalue weighted by molar-refractivity contribution is 14.1. The van der Waals surface area contributed by atoms with Crippen molar-refractivity contribution in [1.82, 2.24) is 5.32 Å². The van der Waals surface area contributed by atoms with Gasteiger partial charge in [0.2, 0.25) is 0 Å². The van der Waals surface area contributed by atoms with Crippen LogP contribution in [0.4, 0.5) is 0 Å². The Bertz CT molecular complexity index is 372. The van der Waals surface area contributed by atoms with Crippen molar-refractivity contribution in [3.05, 3.63) is 33.4 Å². The monoisotopic (exact) mass is 345 g/mol. The van der Waals surface area contributed by atoms with E-state index in [1.165, 1.54) is 3.57 Å². The molecular formula is C13H16INO2. The van der Waals surface area contributed by atoms with Crippen LogP contribution in [0, 0.1) is 3.57 Å². The number of carbonyl (C=O) groups is 1. The fourth-order valence-electron chi connectivity index (χ4n) is 1.91. The van der Waals surface area contributed by atoms with Gasteiger partial charge in [0, 0.05) is 29.5 Å². The van der Waals surface area contributed by atoms with Crippen molar-refractivity contribution in [1.29, 1.82) is 0 Å². The maximum absolute atomic E-state index is 11.9. The molecule has 1 fully saturated rings. The molecule has 1 aromatic carbocycles. The van der Waals surface area contributed by atoms with Gasteiger partial charge in [0.15, 0.2) is 0 Å². The van der Waals surface area contributed by atoms with E-state index >= 15 is 0 Å². The molecule has 0 spiro atoms. The second kappa shape index (κ2) is 6.47. The van der Waals surface area contributed by atoms with E-state index in [2.05, 4.69) is 27.9 Å². The number of Topliss-reactive ketones (excluding diaryl/α,β-unsaturated/α-hetero) is 1. The smallest absolute Gasteiger partial charge is 0.139 e. The average molecular weight is 345 g/mol. The third-order valence-corrected chi connectivity index (χ3v) is 3.49. The Hall–Kier alpha value is -0.460. The zero-order valence-electron chi connectivity index (χ0n) is 9.62. The maximum atomic E-state index is 11.9. The van der Waals surface area contributed by atoms with Crippen molar-refractivity contribution in [2.45, 2.75) is 18.9 Å². The lowest BCUT2D eigenvalue weighted by Gasteiger charge is -2.22. The Morgan fingerprint density at radius 2 is 2.18 bits per heavy atom. The number of nitrogens with one attached hydrogen (secondary N) is 1. The van der Waals surface area contributed by atoms with Gasteiger partial charge in [-0.1, -0.05) is 12.1 Å². The second-order valence-corrected chi connectivity index (χ2v) is 5.49. The predicted molar refractivity (Wildman–Crippen MR) is 75.1 cm³/mol. The minimum absolute atomic E-state index is 0.0556.